The van der Waals surface area contributed by atoms with Gasteiger partial charge in [0.25, 0.3) is 0 Å². The van der Waals surface area contributed by atoms with Crippen LogP contribution in [-0.2, 0) is 24.2 Å². The number of para-hydroxylation sites is 1. The van der Waals surface area contributed by atoms with E-state index in [1.165, 1.54) is 5.56 Å². The molecule has 6 heteroatoms. The number of carbonyl (C=O) groups excluding carboxylic acids is 1. The van der Waals surface area contributed by atoms with Gasteiger partial charge in [0, 0.05) is 37.8 Å². The van der Waals surface area contributed by atoms with Gasteiger partial charge in [0.15, 0.2) is 0 Å². The zero-order valence-electron chi connectivity index (χ0n) is 14.4. The molecule has 0 N–H and O–H groups in total. The smallest absolute Gasteiger partial charge is 0.241 e. The molecule has 0 radical (unpaired) electrons. The monoisotopic (exact) mass is 338 g/mol. The Morgan fingerprint density at radius 3 is 2.92 bits per heavy atom. The molecule has 25 heavy (non-hydrogen) atoms. The van der Waals surface area contributed by atoms with Crippen molar-refractivity contribution in [2.24, 2.45) is 0 Å². The first-order valence-corrected chi connectivity index (χ1v) is 8.74. The van der Waals surface area contributed by atoms with Crippen LogP contribution < -0.4 is 9.64 Å². The summed E-state index contributed by atoms with van der Waals surface area (Å²) in [5.74, 6) is 0.696. The number of aryl methyl sites for hydroxylation is 1. The van der Waals surface area contributed by atoms with Gasteiger partial charge >= 0.3 is 0 Å². The van der Waals surface area contributed by atoms with Crippen molar-refractivity contribution in [1.82, 2.24) is 15.1 Å². The maximum atomic E-state index is 12.9. The number of rotatable bonds is 3. The van der Waals surface area contributed by atoms with Crippen LogP contribution in [0.2, 0.25) is 0 Å². The van der Waals surface area contributed by atoms with Crippen molar-refractivity contribution in [1.29, 1.82) is 0 Å². The van der Waals surface area contributed by atoms with Gasteiger partial charge in [0.05, 0.1) is 19.3 Å². The van der Waals surface area contributed by atoms with Gasteiger partial charge in [-0.2, -0.15) is 5.10 Å². The van der Waals surface area contributed by atoms with Gasteiger partial charge in [0.2, 0.25) is 11.8 Å². The van der Waals surface area contributed by atoms with Gasteiger partial charge < -0.3 is 9.64 Å². The Kier molecular flexibility index (Phi) is 4.36. The van der Waals surface area contributed by atoms with Crippen molar-refractivity contribution in [3.8, 4) is 5.88 Å². The molecule has 1 aromatic carbocycles. The number of ether oxygens (including phenoxy) is 1. The third-order valence-electron chi connectivity index (χ3n) is 4.98. The molecular weight excluding hydrogens is 316 g/mol. The fourth-order valence-corrected chi connectivity index (χ4v) is 3.67. The SMILES string of the molecule is COc1cc2c(nn1)CCN(CC(=O)N1CCCc3ccccc31)C2. The maximum absolute atomic E-state index is 12.9. The molecule has 1 aromatic heterocycles. The lowest BCUT2D eigenvalue weighted by atomic mass is 10.0. The number of nitrogens with zero attached hydrogens (tertiary/aromatic N) is 4. The maximum Gasteiger partial charge on any atom is 0.241 e. The molecule has 3 heterocycles. The lowest BCUT2D eigenvalue weighted by Gasteiger charge is -2.33. The largest absolute Gasteiger partial charge is 0.480 e. The molecule has 2 aromatic rings. The van der Waals surface area contributed by atoms with E-state index in [1.807, 2.05) is 23.1 Å². The highest BCUT2D eigenvalue weighted by Gasteiger charge is 2.26. The number of benzene rings is 1. The Morgan fingerprint density at radius 2 is 2.04 bits per heavy atom. The van der Waals surface area contributed by atoms with E-state index in [-0.39, 0.29) is 5.91 Å². The molecule has 0 spiro atoms. The topological polar surface area (TPSA) is 58.6 Å². The van der Waals surface area contributed by atoms with Crippen LogP contribution in [-0.4, -0.2) is 47.7 Å². The highest BCUT2D eigenvalue weighted by molar-refractivity contribution is 5.96. The molecular formula is C19H22N4O2. The van der Waals surface area contributed by atoms with Gasteiger partial charge in [-0.15, -0.1) is 5.10 Å². The molecule has 0 fully saturated rings. The van der Waals surface area contributed by atoms with Crippen LogP contribution >= 0.6 is 0 Å². The van der Waals surface area contributed by atoms with Gasteiger partial charge in [-0.05, 0) is 30.0 Å². The van der Waals surface area contributed by atoms with Gasteiger partial charge in [-0.1, -0.05) is 18.2 Å². The van der Waals surface area contributed by atoms with Gasteiger partial charge in [-0.3, -0.25) is 9.69 Å². The molecule has 0 saturated carbocycles. The van der Waals surface area contributed by atoms with Crippen LogP contribution in [0.4, 0.5) is 5.69 Å². The number of aromatic nitrogens is 2. The summed E-state index contributed by atoms with van der Waals surface area (Å²) < 4.78 is 5.16. The second-order valence-corrected chi connectivity index (χ2v) is 6.60. The minimum Gasteiger partial charge on any atom is -0.480 e. The second kappa shape index (κ2) is 6.80. The summed E-state index contributed by atoms with van der Waals surface area (Å²) in [6.45, 7) is 2.77. The third-order valence-corrected chi connectivity index (χ3v) is 4.98. The van der Waals surface area contributed by atoms with E-state index in [2.05, 4.69) is 27.2 Å². The molecule has 4 rings (SSSR count). The highest BCUT2D eigenvalue weighted by atomic mass is 16.5. The summed E-state index contributed by atoms with van der Waals surface area (Å²) in [4.78, 5) is 17.0. The lowest BCUT2D eigenvalue weighted by Crippen LogP contribution is -2.44. The Bertz CT molecular complexity index is 793. The molecule has 0 bridgehead atoms. The summed E-state index contributed by atoms with van der Waals surface area (Å²) in [5, 5.41) is 8.26. The fourth-order valence-electron chi connectivity index (χ4n) is 3.67. The van der Waals surface area contributed by atoms with E-state index in [0.29, 0.717) is 19.0 Å². The molecule has 1 amide bonds. The Labute approximate surface area is 147 Å². The van der Waals surface area contributed by atoms with E-state index in [4.69, 9.17) is 4.74 Å². The van der Waals surface area contributed by atoms with Crippen LogP contribution in [0.25, 0.3) is 0 Å². The van der Waals surface area contributed by atoms with E-state index < -0.39 is 0 Å². The Balaban J connectivity index is 1.47. The summed E-state index contributed by atoms with van der Waals surface area (Å²) in [7, 11) is 1.59. The first-order chi connectivity index (χ1) is 12.2. The van der Waals surface area contributed by atoms with E-state index >= 15 is 0 Å². The molecule has 0 atom stereocenters. The number of hydrogen-bond donors (Lipinski definition) is 0. The molecule has 2 aliphatic heterocycles. The molecule has 2 aliphatic rings. The minimum atomic E-state index is 0.171. The van der Waals surface area contributed by atoms with E-state index in [0.717, 1.165) is 49.3 Å². The normalized spacial score (nSPS) is 16.9. The Morgan fingerprint density at radius 1 is 1.16 bits per heavy atom. The predicted molar refractivity (Wildman–Crippen MR) is 94.7 cm³/mol. The fraction of sp³-hybridized carbons (Fsp3) is 0.421. The number of amides is 1. The number of methoxy groups -OCH3 is 1. The lowest BCUT2D eigenvalue weighted by molar-refractivity contribution is -0.120. The van der Waals surface area contributed by atoms with Crippen LogP contribution in [0, 0.1) is 0 Å². The van der Waals surface area contributed by atoms with Crippen LogP contribution in [0.1, 0.15) is 23.2 Å². The van der Waals surface area contributed by atoms with Gasteiger partial charge in [0.1, 0.15) is 0 Å². The van der Waals surface area contributed by atoms with Crippen molar-refractivity contribution in [3.05, 3.63) is 47.2 Å². The van der Waals surface area contributed by atoms with E-state index in [1.54, 1.807) is 7.11 Å². The molecule has 0 aliphatic carbocycles. The molecule has 0 unspecified atom stereocenters. The second-order valence-electron chi connectivity index (χ2n) is 6.60. The number of carbonyl (C=O) groups is 1. The standard InChI is InChI=1S/C19H22N4O2/c1-25-18-11-15-12-22(10-8-16(15)20-21-18)13-19(24)23-9-4-6-14-5-2-3-7-17(14)23/h2-3,5,7,11H,4,6,8-10,12-13H2,1H3. The van der Waals surface area contributed by atoms with Crippen molar-refractivity contribution >= 4 is 11.6 Å². The van der Waals surface area contributed by atoms with Crippen LogP contribution in [0.15, 0.2) is 30.3 Å². The number of anilines is 1. The van der Waals surface area contributed by atoms with Crippen LogP contribution in [0.3, 0.4) is 0 Å². The van der Waals surface area contributed by atoms with Crippen molar-refractivity contribution in [2.45, 2.75) is 25.8 Å². The first-order valence-electron chi connectivity index (χ1n) is 8.74. The summed E-state index contributed by atoms with van der Waals surface area (Å²) >= 11 is 0. The third kappa shape index (κ3) is 3.22. The summed E-state index contributed by atoms with van der Waals surface area (Å²) in [5.41, 5.74) is 4.45. The summed E-state index contributed by atoms with van der Waals surface area (Å²) in [6.07, 6.45) is 2.89. The molecule has 0 saturated heterocycles. The average Bonchev–Trinajstić information content (AvgIpc) is 2.66. The zero-order valence-corrected chi connectivity index (χ0v) is 14.4. The van der Waals surface area contributed by atoms with Crippen molar-refractivity contribution in [2.75, 3.05) is 31.6 Å². The highest BCUT2D eigenvalue weighted by Crippen LogP contribution is 2.27. The number of fused-ring (bicyclic) bond motifs is 2. The Hall–Kier alpha value is -2.47. The predicted octanol–water partition coefficient (Wildman–Crippen LogP) is 1.82. The van der Waals surface area contributed by atoms with E-state index in [9.17, 15) is 4.79 Å². The van der Waals surface area contributed by atoms with Gasteiger partial charge in [-0.25, -0.2) is 0 Å². The first kappa shape index (κ1) is 16.0. The quantitative estimate of drug-likeness (QED) is 0.854. The minimum absolute atomic E-state index is 0.171. The molecule has 130 valence electrons. The average molecular weight is 338 g/mol. The van der Waals surface area contributed by atoms with Crippen molar-refractivity contribution < 1.29 is 9.53 Å². The molecule has 6 nitrogen and oxygen atoms in total. The zero-order chi connectivity index (χ0) is 17.2. The number of hydrogen-bond acceptors (Lipinski definition) is 5. The van der Waals surface area contributed by atoms with Crippen molar-refractivity contribution in [3.63, 3.8) is 0 Å². The van der Waals surface area contributed by atoms with Crippen LogP contribution in [0.5, 0.6) is 5.88 Å². The summed E-state index contributed by atoms with van der Waals surface area (Å²) in [6, 6.07) is 10.2.